The zero-order valence-electron chi connectivity index (χ0n) is 10.5. The Hall–Kier alpha value is -0.590. The third-order valence-electron chi connectivity index (χ3n) is 4.40. The van der Waals surface area contributed by atoms with Gasteiger partial charge in [0.05, 0.1) is 5.92 Å². The van der Waals surface area contributed by atoms with Gasteiger partial charge in [-0.15, -0.1) is 0 Å². The average Bonchev–Trinajstić information content (AvgIpc) is 2.71. The van der Waals surface area contributed by atoms with E-state index in [1.165, 1.54) is 25.8 Å². The molecule has 2 aliphatic rings. The van der Waals surface area contributed by atoms with Gasteiger partial charge in [-0.2, -0.15) is 0 Å². The van der Waals surface area contributed by atoms with Crippen LogP contribution in [0.25, 0.3) is 4.85 Å². The molecule has 16 heavy (non-hydrogen) atoms. The fraction of sp³-hybridized carbons (Fsp3) is 0.923. The van der Waals surface area contributed by atoms with E-state index in [4.69, 9.17) is 6.57 Å². The van der Waals surface area contributed by atoms with Gasteiger partial charge in [0, 0.05) is 24.7 Å². The van der Waals surface area contributed by atoms with Crippen LogP contribution >= 0.6 is 0 Å². The van der Waals surface area contributed by atoms with E-state index in [0.29, 0.717) is 24.0 Å². The van der Waals surface area contributed by atoms with Crippen molar-refractivity contribution in [3.63, 3.8) is 0 Å². The highest BCUT2D eigenvalue weighted by Crippen LogP contribution is 2.36. The van der Waals surface area contributed by atoms with E-state index < -0.39 is 0 Å². The van der Waals surface area contributed by atoms with E-state index in [0.717, 1.165) is 13.1 Å². The van der Waals surface area contributed by atoms with Crippen molar-refractivity contribution < 1.29 is 0 Å². The maximum absolute atomic E-state index is 7.14. The van der Waals surface area contributed by atoms with Crippen molar-refractivity contribution in [2.45, 2.75) is 44.7 Å². The standard InChI is InChI=1S/C13H23N3/c1-11(2)16-8-6-13(5-4-7-15-13)12(10-16)9-14-3/h11-12,15H,4-10H2,1-2H3/t12-,13?/m0/s1. The quantitative estimate of drug-likeness (QED) is 0.717. The first-order valence-corrected chi connectivity index (χ1v) is 6.50. The SMILES string of the molecule is [C-]#[N+]C[C@H]1CN(C(C)C)CCC12CCCN2. The smallest absolute Gasteiger partial charge is 0.220 e. The Morgan fingerprint density at radius 2 is 2.31 bits per heavy atom. The Kier molecular flexibility index (Phi) is 3.51. The van der Waals surface area contributed by atoms with Crippen molar-refractivity contribution >= 4 is 0 Å². The minimum absolute atomic E-state index is 0.302. The number of hydrogen-bond acceptors (Lipinski definition) is 2. The summed E-state index contributed by atoms with van der Waals surface area (Å²) in [6.07, 6.45) is 3.79. The lowest BCUT2D eigenvalue weighted by Gasteiger charge is -2.45. The zero-order valence-corrected chi connectivity index (χ0v) is 10.5. The van der Waals surface area contributed by atoms with Gasteiger partial charge in [-0.25, -0.2) is 6.57 Å². The molecule has 1 N–H and O–H groups in total. The molecule has 0 aromatic carbocycles. The molecule has 0 saturated carbocycles. The van der Waals surface area contributed by atoms with Crippen LogP contribution in [0.3, 0.4) is 0 Å². The molecule has 2 saturated heterocycles. The summed E-state index contributed by atoms with van der Waals surface area (Å²) in [6.45, 7) is 15.8. The number of nitrogens with one attached hydrogen (secondary N) is 1. The maximum Gasteiger partial charge on any atom is 0.220 e. The van der Waals surface area contributed by atoms with E-state index >= 15 is 0 Å². The van der Waals surface area contributed by atoms with E-state index in [2.05, 4.69) is 28.9 Å². The molecular formula is C13H23N3. The summed E-state index contributed by atoms with van der Waals surface area (Å²) >= 11 is 0. The molecule has 0 radical (unpaired) electrons. The molecule has 0 aliphatic carbocycles. The number of hydrogen-bond donors (Lipinski definition) is 1. The van der Waals surface area contributed by atoms with Crippen LogP contribution in [0.1, 0.15) is 33.1 Å². The van der Waals surface area contributed by atoms with Crippen LogP contribution in [0.4, 0.5) is 0 Å². The summed E-state index contributed by atoms with van der Waals surface area (Å²) in [5, 5.41) is 3.70. The van der Waals surface area contributed by atoms with Crippen LogP contribution in [-0.4, -0.2) is 42.7 Å². The van der Waals surface area contributed by atoms with Crippen molar-refractivity contribution in [3.05, 3.63) is 11.4 Å². The lowest BCUT2D eigenvalue weighted by molar-refractivity contribution is 0.0689. The summed E-state index contributed by atoms with van der Waals surface area (Å²) in [5.41, 5.74) is 0.302. The summed E-state index contributed by atoms with van der Waals surface area (Å²) in [4.78, 5) is 6.18. The topological polar surface area (TPSA) is 19.6 Å². The van der Waals surface area contributed by atoms with Gasteiger partial charge in [-0.05, 0) is 39.7 Å². The molecule has 0 bridgehead atoms. The molecule has 3 nitrogen and oxygen atoms in total. The first kappa shape index (κ1) is 11.9. The van der Waals surface area contributed by atoms with Gasteiger partial charge in [0.2, 0.25) is 6.54 Å². The minimum atomic E-state index is 0.302. The Morgan fingerprint density at radius 3 is 2.88 bits per heavy atom. The van der Waals surface area contributed by atoms with E-state index in [1.54, 1.807) is 0 Å². The molecule has 2 aliphatic heterocycles. The molecule has 0 aromatic rings. The van der Waals surface area contributed by atoms with E-state index in [1.807, 2.05) is 0 Å². The second-order valence-corrected chi connectivity index (χ2v) is 5.56. The van der Waals surface area contributed by atoms with Gasteiger partial charge in [-0.3, -0.25) is 0 Å². The molecule has 0 aromatic heterocycles. The predicted molar refractivity (Wildman–Crippen MR) is 66.3 cm³/mol. The molecule has 2 fully saturated rings. The van der Waals surface area contributed by atoms with E-state index in [9.17, 15) is 0 Å². The average molecular weight is 221 g/mol. The monoisotopic (exact) mass is 221 g/mol. The molecule has 1 spiro atoms. The molecule has 0 amide bonds. The lowest BCUT2D eigenvalue weighted by Crippen LogP contribution is -2.58. The maximum atomic E-state index is 7.14. The van der Waals surface area contributed by atoms with Crippen LogP contribution in [0.15, 0.2) is 0 Å². The molecule has 2 heterocycles. The minimum Gasteiger partial charge on any atom is -0.317 e. The number of rotatable bonds is 2. The summed E-state index contributed by atoms with van der Waals surface area (Å²) < 4.78 is 0. The second-order valence-electron chi connectivity index (χ2n) is 5.56. The van der Waals surface area contributed by atoms with Crippen molar-refractivity contribution in [2.24, 2.45) is 5.92 Å². The normalized spacial score (nSPS) is 35.8. The van der Waals surface area contributed by atoms with Crippen molar-refractivity contribution in [1.82, 2.24) is 10.2 Å². The molecule has 3 heteroatoms. The van der Waals surface area contributed by atoms with Crippen LogP contribution in [-0.2, 0) is 0 Å². The fourth-order valence-electron chi connectivity index (χ4n) is 3.30. The van der Waals surface area contributed by atoms with Crippen molar-refractivity contribution in [3.8, 4) is 0 Å². The molecule has 2 rings (SSSR count). The van der Waals surface area contributed by atoms with Gasteiger partial charge in [0.1, 0.15) is 0 Å². The third kappa shape index (κ3) is 2.09. The molecular weight excluding hydrogens is 198 g/mol. The predicted octanol–water partition coefficient (Wildman–Crippen LogP) is 1.76. The second kappa shape index (κ2) is 4.73. The van der Waals surface area contributed by atoms with Crippen LogP contribution in [0.5, 0.6) is 0 Å². The van der Waals surface area contributed by atoms with Crippen LogP contribution < -0.4 is 5.32 Å². The molecule has 1 unspecified atom stereocenters. The number of nitrogens with zero attached hydrogens (tertiary/aromatic N) is 2. The van der Waals surface area contributed by atoms with Crippen LogP contribution in [0.2, 0.25) is 0 Å². The highest BCUT2D eigenvalue weighted by Gasteiger charge is 2.46. The van der Waals surface area contributed by atoms with Gasteiger partial charge in [0.15, 0.2) is 0 Å². The van der Waals surface area contributed by atoms with Crippen LogP contribution in [0, 0.1) is 12.5 Å². The number of likely N-dealkylation sites (tertiary alicyclic amines) is 1. The Balaban J connectivity index is 2.08. The van der Waals surface area contributed by atoms with Crippen molar-refractivity contribution in [2.75, 3.05) is 26.2 Å². The summed E-state index contributed by atoms with van der Waals surface area (Å²) in [5.74, 6) is 0.531. The summed E-state index contributed by atoms with van der Waals surface area (Å²) in [6, 6.07) is 0.618. The molecule has 90 valence electrons. The lowest BCUT2D eigenvalue weighted by atomic mass is 9.76. The highest BCUT2D eigenvalue weighted by atomic mass is 15.2. The van der Waals surface area contributed by atoms with Gasteiger partial charge in [-0.1, -0.05) is 0 Å². The Morgan fingerprint density at radius 1 is 1.50 bits per heavy atom. The first-order chi connectivity index (χ1) is 7.68. The third-order valence-corrected chi connectivity index (χ3v) is 4.40. The van der Waals surface area contributed by atoms with Crippen molar-refractivity contribution in [1.29, 1.82) is 0 Å². The first-order valence-electron chi connectivity index (χ1n) is 6.50. The van der Waals surface area contributed by atoms with E-state index in [-0.39, 0.29) is 0 Å². The zero-order chi connectivity index (χ0) is 11.6. The fourth-order valence-corrected chi connectivity index (χ4v) is 3.30. The highest BCUT2D eigenvalue weighted by molar-refractivity contribution is 5.04. The number of piperidine rings is 1. The molecule has 2 atom stereocenters. The summed E-state index contributed by atoms with van der Waals surface area (Å²) in [7, 11) is 0. The largest absolute Gasteiger partial charge is 0.317 e. The van der Waals surface area contributed by atoms with Gasteiger partial charge in [0.25, 0.3) is 0 Å². The Bertz CT molecular complexity index is 273. The van der Waals surface area contributed by atoms with Gasteiger partial charge >= 0.3 is 0 Å². The van der Waals surface area contributed by atoms with Gasteiger partial charge < -0.3 is 15.1 Å². The Labute approximate surface area is 99.0 Å².